The maximum absolute atomic E-state index is 12.4. The summed E-state index contributed by atoms with van der Waals surface area (Å²) < 4.78 is 31.7. The van der Waals surface area contributed by atoms with E-state index in [1.807, 2.05) is 45.0 Å². The lowest BCUT2D eigenvalue weighted by Crippen LogP contribution is -2.33. The molecule has 0 spiro atoms. The molecule has 146 valence electrons. The third kappa shape index (κ3) is 5.80. The fourth-order valence-electron chi connectivity index (χ4n) is 2.34. The van der Waals surface area contributed by atoms with E-state index in [1.54, 1.807) is 19.2 Å². The Bertz CT molecular complexity index is 877. The van der Waals surface area contributed by atoms with Crippen LogP contribution in [0.15, 0.2) is 53.4 Å². The second kappa shape index (κ2) is 9.01. The van der Waals surface area contributed by atoms with E-state index < -0.39 is 10.0 Å². The quantitative estimate of drug-likeness (QED) is 0.749. The minimum atomic E-state index is -3.53. The molecule has 1 amide bonds. The van der Waals surface area contributed by atoms with Crippen molar-refractivity contribution in [2.75, 3.05) is 19.0 Å². The van der Waals surface area contributed by atoms with Crippen LogP contribution in [0.25, 0.3) is 0 Å². The molecular weight excluding hydrogens is 364 g/mol. The first-order valence-electron chi connectivity index (χ1n) is 8.77. The predicted octanol–water partition coefficient (Wildman–Crippen LogP) is 3.43. The highest BCUT2D eigenvalue weighted by molar-refractivity contribution is 7.89. The number of ether oxygens (including phenoxy) is 1. The molecule has 2 aromatic carbocycles. The number of nitrogens with zero attached hydrogens (tertiary/aromatic N) is 1. The predicted molar refractivity (Wildman–Crippen MR) is 106 cm³/mol. The highest BCUT2D eigenvalue weighted by Crippen LogP contribution is 2.19. The minimum absolute atomic E-state index is 0.136. The van der Waals surface area contributed by atoms with Gasteiger partial charge in [-0.2, -0.15) is 4.31 Å². The molecule has 2 aromatic rings. The maximum Gasteiger partial charge on any atom is 0.243 e. The Morgan fingerprint density at radius 1 is 1.15 bits per heavy atom. The topological polar surface area (TPSA) is 75.7 Å². The van der Waals surface area contributed by atoms with Crippen LogP contribution in [0.5, 0.6) is 5.75 Å². The van der Waals surface area contributed by atoms with Crippen molar-refractivity contribution < 1.29 is 17.9 Å². The second-order valence-electron chi connectivity index (χ2n) is 6.60. The number of amides is 1. The number of anilines is 1. The molecule has 1 N–H and O–H groups in total. The van der Waals surface area contributed by atoms with E-state index in [0.29, 0.717) is 5.69 Å². The number of carbonyl (C=O) groups excluding carboxylic acids is 1. The third-order valence-electron chi connectivity index (χ3n) is 4.13. The van der Waals surface area contributed by atoms with Crippen LogP contribution in [-0.2, 0) is 14.8 Å². The lowest BCUT2D eigenvalue weighted by molar-refractivity contribution is -0.116. The molecule has 0 saturated carbocycles. The van der Waals surface area contributed by atoms with Crippen LogP contribution in [0.4, 0.5) is 5.69 Å². The highest BCUT2D eigenvalue weighted by atomic mass is 32.2. The van der Waals surface area contributed by atoms with Gasteiger partial charge in [-0.25, -0.2) is 8.42 Å². The van der Waals surface area contributed by atoms with E-state index in [2.05, 4.69) is 5.32 Å². The summed E-state index contributed by atoms with van der Waals surface area (Å²) in [4.78, 5) is 12.2. The fraction of sp³-hybridized carbons (Fsp3) is 0.350. The van der Waals surface area contributed by atoms with Crippen molar-refractivity contribution in [2.45, 2.75) is 38.1 Å². The molecule has 2 rings (SSSR count). The van der Waals surface area contributed by atoms with Crippen molar-refractivity contribution in [3.63, 3.8) is 0 Å². The van der Waals surface area contributed by atoms with Crippen LogP contribution >= 0.6 is 0 Å². The van der Waals surface area contributed by atoms with Crippen LogP contribution in [0.2, 0.25) is 0 Å². The molecule has 0 atom stereocenters. The van der Waals surface area contributed by atoms with Gasteiger partial charge in [-0.05, 0) is 62.7 Å². The van der Waals surface area contributed by atoms with Gasteiger partial charge in [0.15, 0.2) is 0 Å². The van der Waals surface area contributed by atoms with Crippen molar-refractivity contribution in [1.29, 1.82) is 0 Å². The van der Waals surface area contributed by atoms with Gasteiger partial charge in [-0.3, -0.25) is 4.79 Å². The zero-order chi connectivity index (χ0) is 20.0. The summed E-state index contributed by atoms with van der Waals surface area (Å²) in [7, 11) is -1.99. The number of hydrogen-bond acceptors (Lipinski definition) is 4. The molecular formula is C20H26N2O4S. The maximum atomic E-state index is 12.4. The van der Waals surface area contributed by atoms with Gasteiger partial charge in [0.1, 0.15) is 5.75 Å². The SMILES string of the molecule is Cc1cccc(OCCC(=O)Nc2ccc(S(=O)(=O)N(C)C(C)C)cc2)c1. The number of hydrogen-bond donors (Lipinski definition) is 1. The molecule has 0 fully saturated rings. The molecule has 0 bridgehead atoms. The summed E-state index contributed by atoms with van der Waals surface area (Å²) in [5.74, 6) is 0.532. The lowest BCUT2D eigenvalue weighted by atomic mass is 10.2. The number of aryl methyl sites for hydroxylation is 1. The summed E-state index contributed by atoms with van der Waals surface area (Å²) >= 11 is 0. The summed E-state index contributed by atoms with van der Waals surface area (Å²) in [6.45, 7) is 5.86. The largest absolute Gasteiger partial charge is 0.493 e. The first kappa shape index (κ1) is 20.9. The normalized spacial score (nSPS) is 11.6. The van der Waals surface area contributed by atoms with Gasteiger partial charge in [-0.15, -0.1) is 0 Å². The standard InChI is InChI=1S/C20H26N2O4S/c1-15(2)22(4)27(24,25)19-10-8-17(9-11-19)21-20(23)12-13-26-18-7-5-6-16(3)14-18/h5-11,14-15H,12-13H2,1-4H3,(H,21,23). The smallest absolute Gasteiger partial charge is 0.243 e. The molecule has 27 heavy (non-hydrogen) atoms. The van der Waals surface area contributed by atoms with Gasteiger partial charge >= 0.3 is 0 Å². The Hall–Kier alpha value is -2.38. The number of carbonyl (C=O) groups is 1. The molecule has 0 radical (unpaired) electrons. The van der Waals surface area contributed by atoms with Gasteiger partial charge in [-0.1, -0.05) is 12.1 Å². The van der Waals surface area contributed by atoms with E-state index >= 15 is 0 Å². The summed E-state index contributed by atoms with van der Waals surface area (Å²) in [5.41, 5.74) is 1.64. The zero-order valence-electron chi connectivity index (χ0n) is 16.1. The van der Waals surface area contributed by atoms with Crippen molar-refractivity contribution in [2.24, 2.45) is 0 Å². The van der Waals surface area contributed by atoms with E-state index in [4.69, 9.17) is 4.74 Å². The minimum Gasteiger partial charge on any atom is -0.493 e. The Kier molecular flexibility index (Phi) is 6.98. The molecule has 0 aliphatic heterocycles. The van der Waals surface area contributed by atoms with Gasteiger partial charge in [0, 0.05) is 18.8 Å². The highest BCUT2D eigenvalue weighted by Gasteiger charge is 2.22. The Morgan fingerprint density at radius 2 is 1.81 bits per heavy atom. The van der Waals surface area contributed by atoms with Crippen LogP contribution in [0, 0.1) is 6.92 Å². The van der Waals surface area contributed by atoms with E-state index in [0.717, 1.165) is 11.3 Å². The zero-order valence-corrected chi connectivity index (χ0v) is 16.9. The Labute approximate surface area is 161 Å². The molecule has 0 aliphatic rings. The van der Waals surface area contributed by atoms with E-state index in [-0.39, 0.29) is 29.9 Å². The number of benzene rings is 2. The molecule has 0 heterocycles. The second-order valence-corrected chi connectivity index (χ2v) is 8.60. The van der Waals surface area contributed by atoms with Gasteiger partial charge < -0.3 is 10.1 Å². The lowest BCUT2D eigenvalue weighted by Gasteiger charge is -2.21. The number of rotatable bonds is 8. The molecule has 0 saturated heterocycles. The monoisotopic (exact) mass is 390 g/mol. The van der Waals surface area contributed by atoms with Crippen LogP contribution in [0.3, 0.4) is 0 Å². The number of nitrogens with one attached hydrogen (secondary N) is 1. The average Bonchev–Trinajstić information content (AvgIpc) is 2.61. The third-order valence-corrected chi connectivity index (χ3v) is 6.18. The number of sulfonamides is 1. The van der Waals surface area contributed by atoms with Gasteiger partial charge in [0.2, 0.25) is 15.9 Å². The summed E-state index contributed by atoms with van der Waals surface area (Å²) in [6.07, 6.45) is 0.198. The van der Waals surface area contributed by atoms with Crippen LogP contribution in [-0.4, -0.2) is 38.3 Å². The molecule has 0 aromatic heterocycles. The summed E-state index contributed by atoms with van der Waals surface area (Å²) in [6, 6.07) is 13.6. The Morgan fingerprint density at radius 3 is 2.41 bits per heavy atom. The molecule has 0 unspecified atom stereocenters. The first-order valence-corrected chi connectivity index (χ1v) is 10.2. The molecule has 0 aliphatic carbocycles. The first-order chi connectivity index (χ1) is 12.7. The Balaban J connectivity index is 1.89. The van der Waals surface area contributed by atoms with Crippen molar-refractivity contribution in [1.82, 2.24) is 4.31 Å². The average molecular weight is 391 g/mol. The van der Waals surface area contributed by atoms with E-state index in [9.17, 15) is 13.2 Å². The summed E-state index contributed by atoms with van der Waals surface area (Å²) in [5, 5.41) is 2.74. The van der Waals surface area contributed by atoms with Crippen molar-refractivity contribution in [3.05, 3.63) is 54.1 Å². The van der Waals surface area contributed by atoms with Gasteiger partial charge in [0.25, 0.3) is 0 Å². The van der Waals surface area contributed by atoms with Crippen molar-refractivity contribution in [3.8, 4) is 5.75 Å². The van der Waals surface area contributed by atoms with Crippen molar-refractivity contribution >= 4 is 21.6 Å². The molecule has 6 nitrogen and oxygen atoms in total. The van der Waals surface area contributed by atoms with Gasteiger partial charge in [0.05, 0.1) is 17.9 Å². The molecule has 7 heteroatoms. The fourth-order valence-corrected chi connectivity index (χ4v) is 3.71. The van der Waals surface area contributed by atoms with Crippen LogP contribution < -0.4 is 10.1 Å². The van der Waals surface area contributed by atoms with E-state index in [1.165, 1.54) is 16.4 Å². The van der Waals surface area contributed by atoms with Crippen LogP contribution in [0.1, 0.15) is 25.8 Å².